The average Bonchev–Trinajstić information content (AvgIpc) is 3.13. The zero-order chi connectivity index (χ0) is 22.2. The van der Waals surface area contributed by atoms with Gasteiger partial charge in [0.05, 0.1) is 0 Å². The Bertz CT molecular complexity index is 932. The van der Waals surface area contributed by atoms with Gasteiger partial charge in [-0.1, -0.05) is 35.0 Å². The molecule has 4 rings (SSSR count). The number of carbonyl (C=O) groups excluding carboxylic acids is 1. The molecule has 1 N–H and O–H groups in total. The lowest BCUT2D eigenvalue weighted by Gasteiger charge is -2.39. The van der Waals surface area contributed by atoms with Gasteiger partial charge in [0.25, 0.3) is 0 Å². The largest absolute Gasteiger partial charge is 0.353 e. The van der Waals surface area contributed by atoms with Crippen LogP contribution in [0.25, 0.3) is 0 Å². The first kappa shape index (κ1) is 22.2. The van der Waals surface area contributed by atoms with E-state index in [1.54, 1.807) is 6.33 Å². The zero-order valence-electron chi connectivity index (χ0n) is 18.9. The van der Waals surface area contributed by atoms with Gasteiger partial charge in [-0.25, -0.2) is 9.97 Å². The Morgan fingerprint density at radius 1 is 1.13 bits per heavy atom. The number of hydrogen-bond acceptors (Lipinski definition) is 5. The minimum absolute atomic E-state index is 0.137. The van der Waals surface area contributed by atoms with Crippen LogP contribution in [0.3, 0.4) is 0 Å². The van der Waals surface area contributed by atoms with Crippen LogP contribution in [0.4, 0.5) is 5.82 Å². The molecule has 0 bridgehead atoms. The fourth-order valence-electron chi connectivity index (χ4n) is 4.57. The van der Waals surface area contributed by atoms with E-state index in [4.69, 9.17) is 0 Å². The minimum Gasteiger partial charge on any atom is -0.353 e. The van der Waals surface area contributed by atoms with Crippen molar-refractivity contribution in [3.63, 3.8) is 0 Å². The number of anilines is 1. The van der Waals surface area contributed by atoms with Gasteiger partial charge in [0.15, 0.2) is 0 Å². The van der Waals surface area contributed by atoms with E-state index in [9.17, 15) is 4.79 Å². The molecule has 1 aromatic carbocycles. The highest BCUT2D eigenvalue weighted by atomic mass is 79.9. The molecule has 0 unspecified atom stereocenters. The van der Waals surface area contributed by atoms with E-state index < -0.39 is 0 Å². The van der Waals surface area contributed by atoms with Crippen molar-refractivity contribution in [2.24, 2.45) is 0 Å². The van der Waals surface area contributed by atoms with E-state index in [-0.39, 0.29) is 17.5 Å². The number of halogens is 1. The second kappa shape index (κ2) is 8.87. The number of piperazine rings is 1. The maximum atomic E-state index is 13.6. The number of nitrogens with one attached hydrogen (secondary N) is 1. The molecule has 2 atom stereocenters. The molecule has 1 aliphatic heterocycles. The van der Waals surface area contributed by atoms with E-state index in [1.807, 2.05) is 29.2 Å². The molecular formula is C24H32BrN5O. The molecule has 1 amide bonds. The SMILES string of the molecule is C[C@@H]1CCc2ncnc(N3CCN(C(=O)[C@H](NC(C)(C)C)c4ccc(Br)cc4)CC3)c21. The monoisotopic (exact) mass is 485 g/mol. The van der Waals surface area contributed by atoms with Crippen molar-refractivity contribution < 1.29 is 4.79 Å². The molecule has 0 radical (unpaired) electrons. The lowest BCUT2D eigenvalue weighted by molar-refractivity contribution is -0.134. The molecule has 6 nitrogen and oxygen atoms in total. The zero-order valence-corrected chi connectivity index (χ0v) is 20.4. The Balaban J connectivity index is 1.49. The highest BCUT2D eigenvalue weighted by Crippen LogP contribution is 2.37. The normalized spacial score (nSPS) is 20.0. The molecular weight excluding hydrogens is 454 g/mol. The third-order valence-corrected chi connectivity index (χ3v) is 6.70. The lowest BCUT2D eigenvalue weighted by atomic mass is 10.00. The summed E-state index contributed by atoms with van der Waals surface area (Å²) in [6.07, 6.45) is 3.88. The van der Waals surface area contributed by atoms with Gasteiger partial charge in [0, 0.05) is 47.4 Å². The average molecular weight is 486 g/mol. The van der Waals surface area contributed by atoms with Crippen LogP contribution in [0.15, 0.2) is 35.1 Å². The third kappa shape index (κ3) is 4.93. The lowest BCUT2D eigenvalue weighted by Crippen LogP contribution is -2.54. The topological polar surface area (TPSA) is 61.4 Å². The fraction of sp³-hybridized carbons (Fsp3) is 0.542. The molecule has 0 spiro atoms. The summed E-state index contributed by atoms with van der Waals surface area (Å²) < 4.78 is 1.01. The first-order valence-electron chi connectivity index (χ1n) is 11.1. The van der Waals surface area contributed by atoms with Gasteiger partial charge < -0.3 is 9.80 Å². The predicted octanol–water partition coefficient (Wildman–Crippen LogP) is 4.07. The van der Waals surface area contributed by atoms with Crippen LogP contribution >= 0.6 is 15.9 Å². The van der Waals surface area contributed by atoms with Crippen LogP contribution in [0.2, 0.25) is 0 Å². The van der Waals surface area contributed by atoms with Crippen molar-refractivity contribution in [1.82, 2.24) is 20.2 Å². The van der Waals surface area contributed by atoms with Gasteiger partial charge in [-0.05, 0) is 57.2 Å². The Morgan fingerprint density at radius 3 is 2.45 bits per heavy atom. The first-order valence-corrected chi connectivity index (χ1v) is 11.9. The molecule has 31 heavy (non-hydrogen) atoms. The smallest absolute Gasteiger partial charge is 0.244 e. The number of aryl methyl sites for hydroxylation is 1. The maximum absolute atomic E-state index is 13.6. The minimum atomic E-state index is -0.358. The highest BCUT2D eigenvalue weighted by molar-refractivity contribution is 9.10. The summed E-state index contributed by atoms with van der Waals surface area (Å²) in [5.74, 6) is 1.71. The Kier molecular flexibility index (Phi) is 6.35. The molecule has 0 saturated carbocycles. The summed E-state index contributed by atoms with van der Waals surface area (Å²) in [4.78, 5) is 27.0. The number of hydrogen-bond donors (Lipinski definition) is 1. The van der Waals surface area contributed by atoms with Crippen molar-refractivity contribution in [2.45, 2.75) is 58.0 Å². The molecule has 2 aromatic rings. The van der Waals surface area contributed by atoms with E-state index in [2.05, 4.69) is 63.8 Å². The number of carbonyl (C=O) groups is 1. The molecule has 1 fully saturated rings. The molecule has 166 valence electrons. The summed E-state index contributed by atoms with van der Waals surface area (Å²) in [5.41, 5.74) is 3.32. The van der Waals surface area contributed by atoms with E-state index in [0.717, 1.165) is 41.8 Å². The summed E-state index contributed by atoms with van der Waals surface area (Å²) >= 11 is 3.49. The van der Waals surface area contributed by atoms with Crippen molar-refractivity contribution >= 4 is 27.7 Å². The number of benzene rings is 1. The second-order valence-corrected chi connectivity index (χ2v) is 10.6. The Hall–Kier alpha value is -1.99. The summed E-state index contributed by atoms with van der Waals surface area (Å²) in [6.45, 7) is 11.5. The summed E-state index contributed by atoms with van der Waals surface area (Å²) in [7, 11) is 0. The van der Waals surface area contributed by atoms with Crippen molar-refractivity contribution in [2.75, 3.05) is 31.1 Å². The molecule has 1 aromatic heterocycles. The van der Waals surface area contributed by atoms with Crippen LogP contribution in [0, 0.1) is 0 Å². The van der Waals surface area contributed by atoms with Gasteiger partial charge in [0.2, 0.25) is 5.91 Å². The number of amides is 1. The van der Waals surface area contributed by atoms with Gasteiger partial charge in [0.1, 0.15) is 18.2 Å². The van der Waals surface area contributed by atoms with Crippen LogP contribution < -0.4 is 10.2 Å². The highest BCUT2D eigenvalue weighted by Gasteiger charge is 2.33. The van der Waals surface area contributed by atoms with E-state index >= 15 is 0 Å². The van der Waals surface area contributed by atoms with Gasteiger partial charge >= 0.3 is 0 Å². The van der Waals surface area contributed by atoms with Crippen LogP contribution in [0.5, 0.6) is 0 Å². The summed E-state index contributed by atoms with van der Waals surface area (Å²) in [6, 6.07) is 7.67. The number of fused-ring (bicyclic) bond motifs is 1. The molecule has 7 heteroatoms. The van der Waals surface area contributed by atoms with Crippen LogP contribution in [-0.2, 0) is 11.2 Å². The van der Waals surface area contributed by atoms with E-state index in [1.165, 1.54) is 11.3 Å². The number of nitrogens with zero attached hydrogens (tertiary/aromatic N) is 4. The Morgan fingerprint density at radius 2 is 1.81 bits per heavy atom. The van der Waals surface area contributed by atoms with Crippen LogP contribution in [0.1, 0.15) is 62.9 Å². The third-order valence-electron chi connectivity index (χ3n) is 6.17. The number of aromatic nitrogens is 2. The van der Waals surface area contributed by atoms with Crippen LogP contribution in [-0.4, -0.2) is 52.5 Å². The van der Waals surface area contributed by atoms with Gasteiger partial charge in [-0.2, -0.15) is 0 Å². The summed E-state index contributed by atoms with van der Waals surface area (Å²) in [5, 5.41) is 3.53. The standard InChI is InChI=1S/C24H32BrN5O/c1-16-5-10-19-20(16)22(27-15-26-19)29-11-13-30(14-12-29)23(31)21(28-24(2,3)4)17-6-8-18(25)9-7-17/h6-9,15-16,21,28H,5,10-14H2,1-4H3/t16-,21-/m1/s1. The van der Waals surface area contributed by atoms with Crippen molar-refractivity contribution in [3.8, 4) is 0 Å². The Labute approximate surface area is 193 Å². The van der Waals surface area contributed by atoms with Gasteiger partial charge in [-0.15, -0.1) is 0 Å². The van der Waals surface area contributed by atoms with Crippen molar-refractivity contribution in [1.29, 1.82) is 0 Å². The van der Waals surface area contributed by atoms with Gasteiger partial charge in [-0.3, -0.25) is 10.1 Å². The number of rotatable bonds is 4. The second-order valence-electron chi connectivity index (χ2n) is 9.69. The molecule has 1 saturated heterocycles. The quantitative estimate of drug-likeness (QED) is 0.706. The van der Waals surface area contributed by atoms with Crippen molar-refractivity contribution in [3.05, 3.63) is 51.9 Å². The van der Waals surface area contributed by atoms with E-state index in [0.29, 0.717) is 19.0 Å². The first-order chi connectivity index (χ1) is 14.7. The molecule has 2 heterocycles. The molecule has 2 aliphatic rings. The molecule has 1 aliphatic carbocycles. The predicted molar refractivity (Wildman–Crippen MR) is 127 cm³/mol. The fourth-order valence-corrected chi connectivity index (χ4v) is 4.84. The maximum Gasteiger partial charge on any atom is 0.244 e.